The average molecular weight is 329 g/mol. The highest BCUT2D eigenvalue weighted by molar-refractivity contribution is 7.17. The van der Waals surface area contributed by atoms with Crippen molar-refractivity contribution in [2.45, 2.75) is 12.5 Å². The van der Waals surface area contributed by atoms with Gasteiger partial charge in [0.05, 0.1) is 0 Å². The molecule has 1 atom stereocenters. The number of nitrogens with zero attached hydrogens (tertiary/aromatic N) is 1. The Bertz CT molecular complexity index is 784. The number of halogens is 1. The zero-order chi connectivity index (χ0) is 16.2. The maximum Gasteiger partial charge on any atom is 0.128 e. The van der Waals surface area contributed by atoms with Gasteiger partial charge in [0.1, 0.15) is 17.7 Å². The minimum absolute atomic E-state index is 0.168. The van der Waals surface area contributed by atoms with Crippen molar-refractivity contribution >= 4 is 21.4 Å². The van der Waals surface area contributed by atoms with E-state index < -0.39 is 0 Å². The highest BCUT2D eigenvalue weighted by atomic mass is 32.1. The predicted molar refractivity (Wildman–Crippen MR) is 94.8 cm³/mol. The molecular weight excluding hydrogens is 309 g/mol. The van der Waals surface area contributed by atoms with Crippen molar-refractivity contribution in [1.82, 2.24) is 4.90 Å². The van der Waals surface area contributed by atoms with Crippen LogP contribution in [-0.2, 0) is 0 Å². The zero-order valence-electron chi connectivity index (χ0n) is 13.3. The lowest BCUT2D eigenvalue weighted by atomic mass is 10.1. The van der Waals surface area contributed by atoms with Gasteiger partial charge in [-0.1, -0.05) is 18.2 Å². The van der Waals surface area contributed by atoms with E-state index in [1.165, 1.54) is 10.8 Å². The molecule has 3 rings (SSSR count). The maximum atomic E-state index is 13.6. The molecule has 1 heterocycles. The Balaban J connectivity index is 1.90. The monoisotopic (exact) mass is 329 g/mol. The summed E-state index contributed by atoms with van der Waals surface area (Å²) in [6.07, 6.45) is 0.635. The highest BCUT2D eigenvalue weighted by Gasteiger charge is 2.16. The lowest BCUT2D eigenvalue weighted by Gasteiger charge is -2.22. The molecule has 0 saturated carbocycles. The van der Waals surface area contributed by atoms with E-state index in [1.807, 2.05) is 32.3 Å². The van der Waals surface area contributed by atoms with E-state index in [4.69, 9.17) is 4.74 Å². The molecule has 0 aliphatic heterocycles. The summed E-state index contributed by atoms with van der Waals surface area (Å²) in [4.78, 5) is 2.11. The topological polar surface area (TPSA) is 12.5 Å². The molecule has 0 amide bonds. The lowest BCUT2D eigenvalue weighted by molar-refractivity contribution is 0.181. The van der Waals surface area contributed by atoms with E-state index in [-0.39, 0.29) is 11.9 Å². The van der Waals surface area contributed by atoms with Crippen molar-refractivity contribution in [3.8, 4) is 5.75 Å². The third kappa shape index (κ3) is 3.89. The van der Waals surface area contributed by atoms with Crippen molar-refractivity contribution in [2.24, 2.45) is 0 Å². The van der Waals surface area contributed by atoms with Crippen molar-refractivity contribution < 1.29 is 9.13 Å². The molecule has 1 aromatic heterocycles. The van der Waals surface area contributed by atoms with Gasteiger partial charge in [-0.15, -0.1) is 11.3 Å². The minimum atomic E-state index is -0.227. The van der Waals surface area contributed by atoms with Crippen LogP contribution in [0.5, 0.6) is 5.75 Å². The van der Waals surface area contributed by atoms with Crippen LogP contribution in [0, 0.1) is 5.82 Å². The fraction of sp³-hybridized carbons (Fsp3) is 0.263. The van der Waals surface area contributed by atoms with Crippen LogP contribution in [0.1, 0.15) is 18.1 Å². The van der Waals surface area contributed by atoms with Crippen LogP contribution in [-0.4, -0.2) is 25.5 Å². The molecule has 120 valence electrons. The summed E-state index contributed by atoms with van der Waals surface area (Å²) in [7, 11) is 4.06. The molecule has 0 saturated heterocycles. The number of benzene rings is 2. The second-order valence-electron chi connectivity index (χ2n) is 5.84. The summed E-state index contributed by atoms with van der Waals surface area (Å²) in [5.41, 5.74) is 0.874. The first-order valence-corrected chi connectivity index (χ1v) is 8.54. The molecule has 2 aromatic carbocycles. The largest absolute Gasteiger partial charge is 0.485 e. The van der Waals surface area contributed by atoms with Crippen LogP contribution < -0.4 is 4.74 Å². The van der Waals surface area contributed by atoms with Gasteiger partial charge in [-0.2, -0.15) is 0 Å². The second kappa shape index (κ2) is 7.11. The second-order valence-corrected chi connectivity index (χ2v) is 6.79. The molecule has 23 heavy (non-hydrogen) atoms. The van der Waals surface area contributed by atoms with E-state index in [1.54, 1.807) is 23.5 Å². The van der Waals surface area contributed by atoms with Crippen molar-refractivity contribution in [2.75, 3.05) is 20.6 Å². The van der Waals surface area contributed by atoms with Gasteiger partial charge in [-0.3, -0.25) is 0 Å². The smallest absolute Gasteiger partial charge is 0.128 e. The molecule has 0 fully saturated rings. The molecule has 0 N–H and O–H groups in total. The molecule has 0 radical (unpaired) electrons. The molecule has 4 heteroatoms. The van der Waals surface area contributed by atoms with Crippen LogP contribution in [0.3, 0.4) is 0 Å². The van der Waals surface area contributed by atoms with Gasteiger partial charge in [-0.05, 0) is 55.4 Å². The Kier molecular flexibility index (Phi) is 4.94. The standard InChI is InChI=1S/C19H20FNOS/c1-21(2)11-9-17(14-5-3-6-15(20)13-14)22-18-7-4-8-19-16(18)10-12-23-19/h3-8,10,12-13,17H,9,11H2,1-2H3. The van der Waals surface area contributed by atoms with Gasteiger partial charge < -0.3 is 9.64 Å². The number of thiophene rings is 1. The number of fused-ring (bicyclic) bond motifs is 1. The van der Waals surface area contributed by atoms with Crippen LogP contribution in [0.25, 0.3) is 10.1 Å². The third-order valence-corrected chi connectivity index (χ3v) is 4.67. The summed E-state index contributed by atoms with van der Waals surface area (Å²) in [6.45, 7) is 0.876. The Morgan fingerprint density at radius 1 is 1.13 bits per heavy atom. The Hall–Kier alpha value is -1.91. The summed E-state index contributed by atoms with van der Waals surface area (Å²) >= 11 is 1.70. The quantitative estimate of drug-likeness (QED) is 0.623. The first-order valence-electron chi connectivity index (χ1n) is 7.66. The molecule has 3 aromatic rings. The van der Waals surface area contributed by atoms with Crippen molar-refractivity contribution in [3.63, 3.8) is 0 Å². The normalized spacial score (nSPS) is 12.7. The maximum absolute atomic E-state index is 13.6. The van der Waals surface area contributed by atoms with Gasteiger partial charge in [0.15, 0.2) is 0 Å². The SMILES string of the molecule is CN(C)CCC(Oc1cccc2sccc12)c1cccc(F)c1. The minimum Gasteiger partial charge on any atom is -0.485 e. The van der Waals surface area contributed by atoms with Gasteiger partial charge in [0.25, 0.3) is 0 Å². The van der Waals surface area contributed by atoms with Gasteiger partial charge >= 0.3 is 0 Å². The van der Waals surface area contributed by atoms with Crippen LogP contribution in [0.2, 0.25) is 0 Å². The molecule has 1 unspecified atom stereocenters. The van der Waals surface area contributed by atoms with E-state index >= 15 is 0 Å². The van der Waals surface area contributed by atoms with E-state index in [9.17, 15) is 4.39 Å². The number of hydrogen-bond acceptors (Lipinski definition) is 3. The summed E-state index contributed by atoms with van der Waals surface area (Å²) in [5.74, 6) is 0.631. The Labute approximate surface area is 140 Å². The summed E-state index contributed by atoms with van der Waals surface area (Å²) in [5, 5.41) is 3.18. The average Bonchev–Trinajstić information content (AvgIpc) is 3.00. The molecular formula is C19H20FNOS. The molecule has 0 spiro atoms. The Morgan fingerprint density at radius 3 is 2.74 bits per heavy atom. The van der Waals surface area contributed by atoms with Crippen molar-refractivity contribution in [3.05, 3.63) is 65.3 Å². The fourth-order valence-electron chi connectivity index (χ4n) is 2.60. The third-order valence-electron chi connectivity index (χ3n) is 3.78. The lowest BCUT2D eigenvalue weighted by Crippen LogP contribution is -2.19. The van der Waals surface area contributed by atoms with Gasteiger partial charge in [-0.25, -0.2) is 4.39 Å². The van der Waals surface area contributed by atoms with Gasteiger partial charge in [0, 0.05) is 23.1 Å². The van der Waals surface area contributed by atoms with Crippen LogP contribution >= 0.6 is 11.3 Å². The van der Waals surface area contributed by atoms with Crippen LogP contribution in [0.15, 0.2) is 53.9 Å². The van der Waals surface area contributed by atoms with Crippen molar-refractivity contribution in [1.29, 1.82) is 0 Å². The molecule has 0 aliphatic carbocycles. The van der Waals surface area contributed by atoms with E-state index in [0.29, 0.717) is 0 Å². The highest BCUT2D eigenvalue weighted by Crippen LogP contribution is 2.33. The number of hydrogen-bond donors (Lipinski definition) is 0. The summed E-state index contributed by atoms with van der Waals surface area (Å²) < 4.78 is 21.1. The molecule has 0 aliphatic rings. The van der Waals surface area contributed by atoms with Crippen LogP contribution in [0.4, 0.5) is 4.39 Å². The van der Waals surface area contributed by atoms with E-state index in [2.05, 4.69) is 22.4 Å². The number of rotatable bonds is 6. The molecule has 0 bridgehead atoms. The zero-order valence-corrected chi connectivity index (χ0v) is 14.1. The first-order chi connectivity index (χ1) is 11.1. The summed E-state index contributed by atoms with van der Waals surface area (Å²) in [6, 6.07) is 14.8. The van der Waals surface area contributed by atoms with E-state index in [0.717, 1.165) is 29.7 Å². The Morgan fingerprint density at radius 2 is 1.96 bits per heavy atom. The van der Waals surface area contributed by atoms with Gasteiger partial charge in [0.2, 0.25) is 0 Å². The fourth-order valence-corrected chi connectivity index (χ4v) is 3.40. The first kappa shape index (κ1) is 16.0. The number of ether oxygens (including phenoxy) is 1. The predicted octanol–water partition coefficient (Wildman–Crippen LogP) is 5.11. The molecule has 2 nitrogen and oxygen atoms in total.